The van der Waals surface area contributed by atoms with E-state index in [0.29, 0.717) is 13.1 Å². The summed E-state index contributed by atoms with van der Waals surface area (Å²) in [6, 6.07) is -0.278. The van der Waals surface area contributed by atoms with Gasteiger partial charge in [0.25, 0.3) is 5.91 Å². The molecule has 2 fully saturated rings. The van der Waals surface area contributed by atoms with Gasteiger partial charge in [0, 0.05) is 42.8 Å². The number of benzene rings is 1. The Bertz CT molecular complexity index is 1570. The second-order valence-corrected chi connectivity index (χ2v) is 13.5. The van der Waals surface area contributed by atoms with Gasteiger partial charge < -0.3 is 31.5 Å². The maximum Gasteiger partial charge on any atom is 0.255 e. The van der Waals surface area contributed by atoms with Crippen molar-refractivity contribution in [1.82, 2.24) is 9.21 Å². The summed E-state index contributed by atoms with van der Waals surface area (Å²) in [5, 5.41) is 47.5. The van der Waals surface area contributed by atoms with Crippen LogP contribution in [0.3, 0.4) is 0 Å². The van der Waals surface area contributed by atoms with Gasteiger partial charge in [-0.15, -0.1) is 0 Å². The van der Waals surface area contributed by atoms with Crippen molar-refractivity contribution >= 4 is 38.9 Å². The molecule has 228 valence electrons. The first kappa shape index (κ1) is 29.9. The van der Waals surface area contributed by atoms with E-state index < -0.39 is 90.8 Å². The van der Waals surface area contributed by atoms with Gasteiger partial charge in [-0.05, 0) is 45.7 Å². The number of amides is 1. The zero-order chi connectivity index (χ0) is 30.9. The van der Waals surface area contributed by atoms with E-state index in [4.69, 9.17) is 5.73 Å². The lowest BCUT2D eigenvalue weighted by atomic mass is 9.57. The van der Waals surface area contributed by atoms with Gasteiger partial charge in [-0.2, -0.15) is 0 Å². The van der Waals surface area contributed by atoms with E-state index in [1.807, 2.05) is 0 Å². The normalized spacial score (nSPS) is 28.2. The predicted octanol–water partition coefficient (Wildman–Crippen LogP) is -0.0594. The second-order valence-electron chi connectivity index (χ2n) is 11.4. The van der Waals surface area contributed by atoms with Crippen LogP contribution >= 0.6 is 0 Å². The average molecular weight is 609 g/mol. The number of phenolic OH excluding ortho intramolecular Hbond substituents is 1. The number of carbonyl (C=O) groups is 3. The third kappa shape index (κ3) is 4.37. The van der Waals surface area contributed by atoms with Crippen LogP contribution in [0.4, 0.5) is 10.1 Å². The Hall–Kier alpha value is -3.53. The molecule has 1 amide bonds. The van der Waals surface area contributed by atoms with Crippen molar-refractivity contribution in [2.45, 2.75) is 37.3 Å². The number of rotatable bonds is 7. The summed E-state index contributed by atoms with van der Waals surface area (Å²) in [7, 11) is -0.613. The van der Waals surface area contributed by atoms with Crippen LogP contribution in [0.2, 0.25) is 0 Å². The maximum absolute atomic E-state index is 15.4. The highest BCUT2D eigenvalue weighted by molar-refractivity contribution is 7.89. The minimum Gasteiger partial charge on any atom is -0.508 e. The molecule has 5 rings (SSSR count). The number of anilines is 1. The molecule has 42 heavy (non-hydrogen) atoms. The topological polar surface area (TPSA) is 211 Å². The second kappa shape index (κ2) is 10.3. The molecule has 15 heteroatoms. The number of phenols is 1. The number of nitrogens with two attached hydrogens (primary N) is 1. The number of hydrogen-bond donors (Lipinski definition) is 6. The fraction of sp³-hybridized carbons (Fsp3) is 0.519. The number of halogens is 1. The number of Topliss-reactive ketones (excluding diaryl/α,β-unsaturated/α-hetero) is 2. The van der Waals surface area contributed by atoms with Gasteiger partial charge in [-0.3, -0.25) is 19.3 Å². The minimum absolute atomic E-state index is 0.117. The molecule has 1 aliphatic heterocycles. The van der Waals surface area contributed by atoms with E-state index in [1.54, 1.807) is 0 Å². The molecule has 1 saturated carbocycles. The van der Waals surface area contributed by atoms with E-state index in [2.05, 4.69) is 5.32 Å². The van der Waals surface area contributed by atoms with Crippen LogP contribution < -0.4 is 11.1 Å². The van der Waals surface area contributed by atoms with Gasteiger partial charge in [0.2, 0.25) is 15.8 Å². The SMILES string of the molecule is CN(C)[C@@H]1C(=O)C(C(N)=O)=C(O)[C@@]2(O)C(=O)C3=C(O)c4c(O)c(NCCS(=O)(=O)N5CCCC5)cc(F)c4C[C@H]3C[C@@H]12. The van der Waals surface area contributed by atoms with Gasteiger partial charge in [0.1, 0.15) is 28.7 Å². The Morgan fingerprint density at radius 3 is 2.45 bits per heavy atom. The Kier molecular flexibility index (Phi) is 7.36. The molecule has 3 aliphatic carbocycles. The highest BCUT2D eigenvalue weighted by atomic mass is 32.2. The lowest BCUT2D eigenvalue weighted by Gasteiger charge is -2.50. The highest BCUT2D eigenvalue weighted by Crippen LogP contribution is 2.53. The van der Waals surface area contributed by atoms with Crippen molar-refractivity contribution < 1.29 is 47.6 Å². The van der Waals surface area contributed by atoms with E-state index in [-0.39, 0.29) is 36.4 Å². The third-order valence-electron chi connectivity index (χ3n) is 8.80. The van der Waals surface area contributed by atoms with Crippen molar-refractivity contribution in [3.8, 4) is 5.75 Å². The van der Waals surface area contributed by atoms with E-state index >= 15 is 4.39 Å². The van der Waals surface area contributed by atoms with Gasteiger partial charge in [0.05, 0.1) is 23.0 Å². The molecular formula is C27H33FN4O9S. The van der Waals surface area contributed by atoms with Crippen LogP contribution in [0.25, 0.3) is 5.76 Å². The summed E-state index contributed by atoms with van der Waals surface area (Å²) in [6.07, 6.45) is 1.16. The first-order chi connectivity index (χ1) is 19.6. The van der Waals surface area contributed by atoms with Crippen LogP contribution in [0.1, 0.15) is 30.4 Å². The number of carbonyl (C=O) groups excluding carboxylic acids is 3. The number of nitrogens with one attached hydrogen (secondary N) is 1. The highest BCUT2D eigenvalue weighted by Gasteiger charge is 2.64. The van der Waals surface area contributed by atoms with Crippen molar-refractivity contribution in [3.05, 3.63) is 39.9 Å². The largest absolute Gasteiger partial charge is 0.508 e. The molecule has 13 nitrogen and oxygen atoms in total. The Morgan fingerprint density at radius 1 is 1.21 bits per heavy atom. The van der Waals surface area contributed by atoms with Crippen molar-refractivity contribution in [1.29, 1.82) is 0 Å². The van der Waals surface area contributed by atoms with Crippen LogP contribution in [0.15, 0.2) is 23.0 Å². The molecule has 4 aliphatic rings. The number of fused-ring (bicyclic) bond motifs is 3. The molecule has 1 heterocycles. The molecule has 1 aromatic carbocycles. The number of hydrogen-bond acceptors (Lipinski definition) is 11. The smallest absolute Gasteiger partial charge is 0.255 e. The third-order valence-corrected chi connectivity index (χ3v) is 10.7. The molecule has 0 unspecified atom stereocenters. The Morgan fingerprint density at radius 2 is 1.86 bits per heavy atom. The summed E-state index contributed by atoms with van der Waals surface area (Å²) in [5.41, 5.74) is 0.407. The van der Waals surface area contributed by atoms with Gasteiger partial charge >= 0.3 is 0 Å². The number of nitrogens with zero attached hydrogens (tertiary/aromatic N) is 2. The van der Waals surface area contributed by atoms with Crippen LogP contribution in [-0.2, 0) is 30.8 Å². The number of likely N-dealkylation sites (N-methyl/N-ethyl adjacent to an activating group) is 1. The molecule has 1 saturated heterocycles. The molecule has 0 radical (unpaired) electrons. The number of ketones is 2. The van der Waals surface area contributed by atoms with E-state index in [1.165, 1.54) is 23.3 Å². The summed E-state index contributed by atoms with van der Waals surface area (Å²) < 4.78 is 41.9. The number of aliphatic hydroxyl groups is 3. The number of aliphatic hydroxyl groups excluding tert-OH is 2. The molecule has 0 bridgehead atoms. The zero-order valence-corrected chi connectivity index (χ0v) is 23.9. The fourth-order valence-electron chi connectivity index (χ4n) is 6.81. The summed E-state index contributed by atoms with van der Waals surface area (Å²) in [5.74, 6) is -9.48. The summed E-state index contributed by atoms with van der Waals surface area (Å²) in [4.78, 5) is 40.4. The monoisotopic (exact) mass is 608 g/mol. The maximum atomic E-state index is 15.4. The molecular weight excluding hydrogens is 575 g/mol. The number of sulfonamides is 1. The minimum atomic E-state index is -3.58. The van der Waals surface area contributed by atoms with Crippen LogP contribution in [0, 0.1) is 17.7 Å². The van der Waals surface area contributed by atoms with E-state index in [9.17, 15) is 43.2 Å². The number of aromatic hydroxyl groups is 1. The quantitative estimate of drug-likeness (QED) is 0.178. The van der Waals surface area contributed by atoms with Crippen LogP contribution in [0.5, 0.6) is 5.75 Å². The number of primary amides is 1. The van der Waals surface area contributed by atoms with Crippen molar-refractivity contribution in [3.63, 3.8) is 0 Å². The first-order valence-electron chi connectivity index (χ1n) is 13.5. The summed E-state index contributed by atoms with van der Waals surface area (Å²) >= 11 is 0. The molecule has 0 spiro atoms. The molecule has 1 aromatic rings. The average Bonchev–Trinajstić information content (AvgIpc) is 3.45. The van der Waals surface area contributed by atoms with Gasteiger partial charge in [0.15, 0.2) is 11.4 Å². The van der Waals surface area contributed by atoms with Gasteiger partial charge in [-0.1, -0.05) is 0 Å². The Labute approximate surface area is 241 Å². The first-order valence-corrected chi connectivity index (χ1v) is 15.1. The zero-order valence-electron chi connectivity index (χ0n) is 23.1. The lowest BCUT2D eigenvalue weighted by Crippen LogP contribution is -2.65. The van der Waals surface area contributed by atoms with E-state index in [0.717, 1.165) is 18.9 Å². The molecule has 7 N–H and O–H groups in total. The fourth-order valence-corrected chi connectivity index (χ4v) is 8.24. The lowest BCUT2D eigenvalue weighted by molar-refractivity contribution is -0.153. The molecule has 4 atom stereocenters. The van der Waals surface area contributed by atoms with Crippen molar-refractivity contribution in [2.24, 2.45) is 17.6 Å². The van der Waals surface area contributed by atoms with Gasteiger partial charge in [-0.25, -0.2) is 17.1 Å². The summed E-state index contributed by atoms with van der Waals surface area (Å²) in [6.45, 7) is 0.652. The Balaban J connectivity index is 1.54. The van der Waals surface area contributed by atoms with Crippen molar-refractivity contribution in [2.75, 3.05) is 44.8 Å². The standard InChI is InChI=1S/C27H33FN4O9S/c1-31(2)20-14-10-12-9-13-15(28)11-16(30-5-8-42(40,41)32-6-3-4-7-32)21(33)18(13)22(34)17(12)24(36)27(14,39)25(37)19(23(20)35)26(29)38/h11-12,14,20,30,33-34,37,39H,3-10H2,1-2H3,(H2,29,38)/t12-,14-,20-,27-/m0/s1. The van der Waals surface area contributed by atoms with Crippen LogP contribution in [-0.4, -0.2) is 107 Å². The molecule has 0 aromatic heterocycles. The predicted molar refractivity (Wildman–Crippen MR) is 147 cm³/mol.